The zero-order chi connectivity index (χ0) is 24.4. The lowest BCUT2D eigenvalue weighted by molar-refractivity contribution is 0.0693. The number of carbonyl (C=O) groups excluding carboxylic acids is 1. The van der Waals surface area contributed by atoms with E-state index in [2.05, 4.69) is 9.82 Å². The van der Waals surface area contributed by atoms with Gasteiger partial charge in [-0.1, -0.05) is 48.0 Å². The summed E-state index contributed by atoms with van der Waals surface area (Å²) < 4.78 is 33.6. The molecule has 0 bridgehead atoms. The van der Waals surface area contributed by atoms with Crippen molar-refractivity contribution < 1.29 is 17.6 Å². The van der Waals surface area contributed by atoms with E-state index < -0.39 is 10.0 Å². The van der Waals surface area contributed by atoms with Crippen molar-refractivity contribution in [3.63, 3.8) is 0 Å². The van der Waals surface area contributed by atoms with Crippen molar-refractivity contribution in [2.24, 2.45) is 5.10 Å². The normalized spacial score (nSPS) is 15.6. The van der Waals surface area contributed by atoms with Crippen LogP contribution in [-0.2, 0) is 10.0 Å². The summed E-state index contributed by atoms with van der Waals surface area (Å²) in [6.45, 7) is 1.90. The molecule has 3 aromatic carbocycles. The molecule has 1 unspecified atom stereocenters. The molecule has 35 heavy (non-hydrogen) atoms. The summed E-state index contributed by atoms with van der Waals surface area (Å²) in [7, 11) is -3.70. The van der Waals surface area contributed by atoms with Crippen molar-refractivity contribution in [3.05, 3.63) is 120 Å². The van der Waals surface area contributed by atoms with Crippen molar-refractivity contribution in [2.45, 2.75) is 24.3 Å². The Morgan fingerprint density at radius 2 is 1.66 bits per heavy atom. The van der Waals surface area contributed by atoms with Crippen LogP contribution in [0.1, 0.15) is 39.7 Å². The predicted octanol–water partition coefficient (Wildman–Crippen LogP) is 5.38. The first kappa shape index (κ1) is 22.6. The van der Waals surface area contributed by atoms with Crippen LogP contribution < -0.4 is 4.72 Å². The van der Waals surface area contributed by atoms with Crippen molar-refractivity contribution in [2.75, 3.05) is 4.72 Å². The maximum absolute atomic E-state index is 13.2. The molecule has 0 aliphatic carbocycles. The number of rotatable bonds is 6. The first-order valence-electron chi connectivity index (χ1n) is 11.1. The Hall–Kier alpha value is -4.17. The Labute approximate surface area is 203 Å². The van der Waals surface area contributed by atoms with Crippen LogP contribution in [0.3, 0.4) is 0 Å². The Kier molecular flexibility index (Phi) is 5.96. The van der Waals surface area contributed by atoms with Crippen molar-refractivity contribution in [1.29, 1.82) is 0 Å². The molecular formula is C27H23N3O4S. The fraction of sp³-hybridized carbons (Fsp3) is 0.111. The third-order valence-electron chi connectivity index (χ3n) is 5.81. The molecule has 1 amide bonds. The number of hydrogen-bond acceptors (Lipinski definition) is 5. The molecule has 1 N–H and O–H groups in total. The maximum atomic E-state index is 13.2. The predicted molar refractivity (Wildman–Crippen MR) is 134 cm³/mol. The molecule has 0 saturated carbocycles. The number of sulfonamides is 1. The quantitative estimate of drug-likeness (QED) is 0.397. The SMILES string of the molecule is Cc1ccc(S(=O)(=O)Nc2ccc(C3=NN(C(=O)c4ccccc4)C(c4ccco4)C3)cc2)cc1. The molecule has 7 nitrogen and oxygen atoms in total. The Balaban J connectivity index is 1.39. The van der Waals surface area contributed by atoms with Gasteiger partial charge in [-0.05, 0) is 61.0 Å². The summed E-state index contributed by atoms with van der Waals surface area (Å²) in [5.74, 6) is 0.431. The summed E-state index contributed by atoms with van der Waals surface area (Å²) in [6.07, 6.45) is 2.05. The molecule has 176 valence electrons. The summed E-state index contributed by atoms with van der Waals surface area (Å²) in [6, 6.07) is 25.9. The van der Waals surface area contributed by atoms with E-state index in [1.54, 1.807) is 73.0 Å². The molecular weight excluding hydrogens is 462 g/mol. The standard InChI is InChI=1S/C27H23N3O4S/c1-19-9-15-23(16-10-19)35(32,33)29-22-13-11-20(12-14-22)24-18-25(26-8-5-17-34-26)30(28-24)27(31)21-6-3-2-4-7-21/h2-17,25,29H,18H2,1H3. The summed E-state index contributed by atoms with van der Waals surface area (Å²) >= 11 is 0. The lowest BCUT2D eigenvalue weighted by Crippen LogP contribution is -2.26. The number of carbonyl (C=O) groups is 1. The van der Waals surface area contributed by atoms with Gasteiger partial charge in [0.15, 0.2) is 0 Å². The average molecular weight is 486 g/mol. The van der Waals surface area contributed by atoms with Crippen LogP contribution in [-0.4, -0.2) is 25.0 Å². The van der Waals surface area contributed by atoms with Gasteiger partial charge in [0.2, 0.25) is 0 Å². The van der Waals surface area contributed by atoms with Crippen LogP contribution in [0.15, 0.2) is 112 Å². The van der Waals surface area contributed by atoms with Crippen molar-refractivity contribution in [1.82, 2.24) is 5.01 Å². The first-order chi connectivity index (χ1) is 16.9. The Morgan fingerprint density at radius 1 is 0.943 bits per heavy atom. The topological polar surface area (TPSA) is 92.0 Å². The van der Waals surface area contributed by atoms with Crippen LogP contribution in [0.25, 0.3) is 0 Å². The highest BCUT2D eigenvalue weighted by molar-refractivity contribution is 7.92. The maximum Gasteiger partial charge on any atom is 0.274 e. The molecule has 0 saturated heterocycles. The highest BCUT2D eigenvalue weighted by atomic mass is 32.2. The van der Waals surface area contributed by atoms with Crippen molar-refractivity contribution >= 4 is 27.3 Å². The van der Waals surface area contributed by atoms with Gasteiger partial charge >= 0.3 is 0 Å². The summed E-state index contributed by atoms with van der Waals surface area (Å²) in [4.78, 5) is 13.4. The van der Waals surface area contributed by atoms with E-state index in [0.29, 0.717) is 29.1 Å². The molecule has 5 rings (SSSR count). The lowest BCUT2D eigenvalue weighted by Gasteiger charge is -2.19. The van der Waals surface area contributed by atoms with Gasteiger partial charge in [-0.25, -0.2) is 13.4 Å². The molecule has 1 atom stereocenters. The minimum Gasteiger partial charge on any atom is -0.467 e. The van der Waals surface area contributed by atoms with Crippen LogP contribution in [0.4, 0.5) is 5.69 Å². The van der Waals surface area contributed by atoms with Gasteiger partial charge in [0.05, 0.1) is 16.9 Å². The smallest absolute Gasteiger partial charge is 0.274 e. The van der Waals surface area contributed by atoms with E-state index >= 15 is 0 Å². The van der Waals surface area contributed by atoms with Crippen LogP contribution >= 0.6 is 0 Å². The molecule has 8 heteroatoms. The second-order valence-electron chi connectivity index (χ2n) is 8.29. The molecule has 1 aliphatic rings. The largest absolute Gasteiger partial charge is 0.467 e. The van der Waals surface area contributed by atoms with E-state index in [9.17, 15) is 13.2 Å². The van der Waals surface area contributed by atoms with Crippen LogP contribution in [0.2, 0.25) is 0 Å². The summed E-state index contributed by atoms with van der Waals surface area (Å²) in [5, 5.41) is 6.09. The van der Waals surface area contributed by atoms with E-state index in [1.165, 1.54) is 5.01 Å². The fourth-order valence-corrected chi connectivity index (χ4v) is 5.01. The number of nitrogens with one attached hydrogen (secondary N) is 1. The Bertz CT molecular complexity index is 1460. The molecule has 2 heterocycles. The Morgan fingerprint density at radius 3 is 2.31 bits per heavy atom. The highest BCUT2D eigenvalue weighted by Crippen LogP contribution is 2.34. The highest BCUT2D eigenvalue weighted by Gasteiger charge is 2.35. The van der Waals surface area contributed by atoms with Gasteiger partial charge in [-0.3, -0.25) is 9.52 Å². The number of hydrazone groups is 1. The zero-order valence-corrected chi connectivity index (χ0v) is 19.8. The van der Waals surface area contributed by atoms with Gasteiger partial charge in [0, 0.05) is 17.7 Å². The molecule has 4 aromatic rings. The fourth-order valence-electron chi connectivity index (χ4n) is 3.95. The third-order valence-corrected chi connectivity index (χ3v) is 7.21. The lowest BCUT2D eigenvalue weighted by atomic mass is 10.0. The minimum absolute atomic E-state index is 0.198. The number of anilines is 1. The summed E-state index contributed by atoms with van der Waals surface area (Å²) in [5.41, 5.74) is 3.47. The number of amides is 1. The van der Waals surface area contributed by atoms with E-state index in [1.807, 2.05) is 31.2 Å². The van der Waals surface area contributed by atoms with Gasteiger partial charge in [0.25, 0.3) is 15.9 Å². The number of benzene rings is 3. The second-order valence-corrected chi connectivity index (χ2v) is 9.98. The van der Waals surface area contributed by atoms with Gasteiger partial charge in [-0.15, -0.1) is 0 Å². The molecule has 1 aliphatic heterocycles. The van der Waals surface area contributed by atoms with Gasteiger partial charge in [-0.2, -0.15) is 5.10 Å². The minimum atomic E-state index is -3.70. The van der Waals surface area contributed by atoms with E-state index in [-0.39, 0.29) is 16.8 Å². The first-order valence-corrected chi connectivity index (χ1v) is 12.6. The monoisotopic (exact) mass is 485 g/mol. The van der Waals surface area contributed by atoms with Gasteiger partial charge in [0.1, 0.15) is 11.8 Å². The number of nitrogens with zero attached hydrogens (tertiary/aromatic N) is 2. The zero-order valence-electron chi connectivity index (χ0n) is 19.0. The van der Waals surface area contributed by atoms with Crippen LogP contribution in [0.5, 0.6) is 0 Å². The number of hydrogen-bond donors (Lipinski definition) is 1. The van der Waals surface area contributed by atoms with E-state index in [4.69, 9.17) is 4.42 Å². The number of furan rings is 1. The van der Waals surface area contributed by atoms with E-state index in [0.717, 1.165) is 11.1 Å². The third kappa shape index (κ3) is 4.74. The molecule has 0 fully saturated rings. The van der Waals surface area contributed by atoms with Crippen molar-refractivity contribution in [3.8, 4) is 0 Å². The van der Waals surface area contributed by atoms with Crippen LogP contribution in [0, 0.1) is 6.92 Å². The average Bonchev–Trinajstić information content (AvgIpc) is 3.55. The molecule has 0 radical (unpaired) electrons. The van der Waals surface area contributed by atoms with Gasteiger partial charge < -0.3 is 4.42 Å². The molecule has 1 aromatic heterocycles. The molecule has 0 spiro atoms. The second kappa shape index (κ2) is 9.23. The number of aryl methyl sites for hydroxylation is 1.